The van der Waals surface area contributed by atoms with Crippen molar-refractivity contribution in [2.24, 2.45) is 0 Å². The summed E-state index contributed by atoms with van der Waals surface area (Å²) in [5, 5.41) is 23.6. The molecule has 0 aromatic heterocycles. The number of carbonyl (C=O) groups is 2. The van der Waals surface area contributed by atoms with E-state index in [0.29, 0.717) is 19.3 Å². The molecule has 0 bridgehead atoms. The van der Waals surface area contributed by atoms with Gasteiger partial charge in [0.05, 0.1) is 25.2 Å². The SMILES string of the molecule is CC/C=C/C/C=C/C/C=C/C/C=C/CCCC(CC(=O)NC(CO)C(O)CCCCCCCCCCCCC)OC(=O)CCCCCCCCCCCCCC. The van der Waals surface area contributed by atoms with Crippen molar-refractivity contribution in [1.29, 1.82) is 0 Å². The highest BCUT2D eigenvalue weighted by molar-refractivity contribution is 5.77. The lowest BCUT2D eigenvalue weighted by Crippen LogP contribution is -2.46. The van der Waals surface area contributed by atoms with Gasteiger partial charge in [-0.15, -0.1) is 0 Å². The summed E-state index contributed by atoms with van der Waals surface area (Å²) in [6.07, 6.45) is 51.7. The lowest BCUT2D eigenvalue weighted by atomic mass is 10.0. The summed E-state index contributed by atoms with van der Waals surface area (Å²) in [5.74, 6) is -0.525. The summed E-state index contributed by atoms with van der Waals surface area (Å²) in [6.45, 7) is 6.34. The van der Waals surface area contributed by atoms with Crippen LogP contribution in [-0.4, -0.2) is 46.9 Å². The van der Waals surface area contributed by atoms with E-state index in [0.717, 1.165) is 77.0 Å². The molecule has 0 saturated heterocycles. The predicted octanol–water partition coefficient (Wildman–Crippen LogP) is 13.9. The van der Waals surface area contributed by atoms with E-state index in [1.165, 1.54) is 109 Å². The number of aliphatic hydroxyl groups is 2. The van der Waals surface area contributed by atoms with Gasteiger partial charge in [-0.2, -0.15) is 0 Å². The lowest BCUT2D eigenvalue weighted by Gasteiger charge is -2.24. The quantitative estimate of drug-likeness (QED) is 0.0325. The molecular formula is C50H91NO5. The Kier molecular flexibility index (Phi) is 42.2. The first-order valence-electron chi connectivity index (χ1n) is 23.9. The van der Waals surface area contributed by atoms with Gasteiger partial charge < -0.3 is 20.3 Å². The van der Waals surface area contributed by atoms with E-state index in [-0.39, 0.29) is 24.9 Å². The van der Waals surface area contributed by atoms with Gasteiger partial charge >= 0.3 is 5.97 Å². The van der Waals surface area contributed by atoms with Crippen LogP contribution < -0.4 is 5.32 Å². The lowest BCUT2D eigenvalue weighted by molar-refractivity contribution is -0.151. The van der Waals surface area contributed by atoms with Crippen molar-refractivity contribution in [3.8, 4) is 0 Å². The molecular weight excluding hydrogens is 695 g/mol. The van der Waals surface area contributed by atoms with Crippen molar-refractivity contribution < 1.29 is 24.5 Å². The minimum Gasteiger partial charge on any atom is -0.462 e. The Morgan fingerprint density at radius 1 is 0.536 bits per heavy atom. The molecule has 0 aliphatic carbocycles. The fourth-order valence-electron chi connectivity index (χ4n) is 7.07. The van der Waals surface area contributed by atoms with E-state index in [1.807, 2.05) is 0 Å². The Morgan fingerprint density at radius 2 is 0.964 bits per heavy atom. The number of rotatable bonds is 42. The number of nitrogens with one attached hydrogen (secondary N) is 1. The molecule has 3 atom stereocenters. The number of hydrogen-bond donors (Lipinski definition) is 3. The standard InChI is InChI=1S/C50H91NO5/c1-4-7-10-13-16-19-22-24-25-27-29-32-35-38-41-46(56-50(55)43-40-37-34-31-28-23-20-17-14-11-8-5-2)44-49(54)51-47(45-52)48(53)42-39-36-33-30-26-21-18-15-12-9-6-3/h7,10,16,19,24-25,29,32,46-48,52-53H,4-6,8-9,11-15,17-18,20-23,26-28,30-31,33-45H2,1-3H3,(H,51,54)/b10-7+,19-16+,25-24+,32-29+. The van der Waals surface area contributed by atoms with E-state index in [2.05, 4.69) is 74.7 Å². The molecule has 326 valence electrons. The van der Waals surface area contributed by atoms with Crippen molar-refractivity contribution in [1.82, 2.24) is 5.32 Å². The van der Waals surface area contributed by atoms with Gasteiger partial charge in [0.2, 0.25) is 5.91 Å². The summed E-state index contributed by atoms with van der Waals surface area (Å²) in [6, 6.07) is -0.715. The summed E-state index contributed by atoms with van der Waals surface area (Å²) in [7, 11) is 0. The van der Waals surface area contributed by atoms with E-state index in [4.69, 9.17) is 4.74 Å². The van der Waals surface area contributed by atoms with Gasteiger partial charge in [-0.3, -0.25) is 9.59 Å². The number of aliphatic hydroxyl groups excluding tert-OH is 2. The average molecular weight is 786 g/mol. The smallest absolute Gasteiger partial charge is 0.306 e. The fraction of sp³-hybridized carbons (Fsp3) is 0.800. The van der Waals surface area contributed by atoms with Crippen molar-refractivity contribution >= 4 is 11.9 Å². The van der Waals surface area contributed by atoms with Gasteiger partial charge in [0.25, 0.3) is 0 Å². The third-order valence-electron chi connectivity index (χ3n) is 10.7. The second-order valence-electron chi connectivity index (χ2n) is 16.1. The molecule has 0 fully saturated rings. The van der Waals surface area contributed by atoms with Gasteiger partial charge in [-0.1, -0.05) is 211 Å². The molecule has 6 nitrogen and oxygen atoms in total. The molecule has 6 heteroatoms. The van der Waals surface area contributed by atoms with Gasteiger partial charge in [-0.05, 0) is 57.8 Å². The second-order valence-corrected chi connectivity index (χ2v) is 16.1. The van der Waals surface area contributed by atoms with Crippen LogP contribution in [0, 0.1) is 0 Å². The Bertz CT molecular complexity index is 972. The zero-order valence-corrected chi connectivity index (χ0v) is 37.0. The monoisotopic (exact) mass is 786 g/mol. The van der Waals surface area contributed by atoms with Gasteiger partial charge in [-0.25, -0.2) is 0 Å². The van der Waals surface area contributed by atoms with Crippen molar-refractivity contribution in [3.05, 3.63) is 48.6 Å². The van der Waals surface area contributed by atoms with Gasteiger partial charge in [0, 0.05) is 6.42 Å². The van der Waals surface area contributed by atoms with Crippen molar-refractivity contribution in [2.45, 2.75) is 251 Å². The van der Waals surface area contributed by atoms with Gasteiger partial charge in [0.1, 0.15) is 6.10 Å². The Hall–Kier alpha value is -2.18. The first kappa shape index (κ1) is 53.8. The molecule has 56 heavy (non-hydrogen) atoms. The zero-order valence-electron chi connectivity index (χ0n) is 37.0. The maximum absolute atomic E-state index is 13.1. The zero-order chi connectivity index (χ0) is 41.0. The van der Waals surface area contributed by atoms with Crippen LogP contribution in [0.3, 0.4) is 0 Å². The minimum absolute atomic E-state index is 0.0417. The first-order valence-corrected chi connectivity index (χ1v) is 23.9. The topological polar surface area (TPSA) is 95.9 Å². The summed E-state index contributed by atoms with van der Waals surface area (Å²) in [5.41, 5.74) is 0. The number of hydrogen-bond acceptors (Lipinski definition) is 5. The van der Waals surface area contributed by atoms with Crippen LogP contribution in [0.1, 0.15) is 233 Å². The van der Waals surface area contributed by atoms with E-state index in [9.17, 15) is 19.8 Å². The fourth-order valence-corrected chi connectivity index (χ4v) is 7.07. The average Bonchev–Trinajstić information content (AvgIpc) is 3.19. The number of ether oxygens (including phenoxy) is 1. The van der Waals surface area contributed by atoms with Crippen LogP contribution in [0.4, 0.5) is 0 Å². The molecule has 0 spiro atoms. The number of amides is 1. The van der Waals surface area contributed by atoms with Crippen LogP contribution in [0.15, 0.2) is 48.6 Å². The van der Waals surface area contributed by atoms with E-state index >= 15 is 0 Å². The summed E-state index contributed by atoms with van der Waals surface area (Å²) >= 11 is 0. The van der Waals surface area contributed by atoms with E-state index in [1.54, 1.807) is 0 Å². The molecule has 0 aromatic carbocycles. The highest BCUT2D eigenvalue weighted by atomic mass is 16.5. The molecule has 3 N–H and O–H groups in total. The maximum atomic E-state index is 13.1. The highest BCUT2D eigenvalue weighted by Crippen LogP contribution is 2.17. The van der Waals surface area contributed by atoms with E-state index < -0.39 is 18.2 Å². The predicted molar refractivity (Wildman–Crippen MR) is 241 cm³/mol. The molecule has 1 amide bonds. The number of carbonyl (C=O) groups excluding carboxylic acids is 2. The van der Waals surface area contributed by atoms with Crippen molar-refractivity contribution in [2.75, 3.05) is 6.61 Å². The normalized spacial score (nSPS) is 13.7. The largest absolute Gasteiger partial charge is 0.462 e. The Balaban J connectivity index is 4.69. The van der Waals surface area contributed by atoms with Crippen LogP contribution >= 0.6 is 0 Å². The highest BCUT2D eigenvalue weighted by Gasteiger charge is 2.24. The second kappa shape index (κ2) is 43.9. The number of allylic oxidation sites excluding steroid dienone is 8. The Morgan fingerprint density at radius 3 is 1.43 bits per heavy atom. The molecule has 3 unspecified atom stereocenters. The molecule has 0 aromatic rings. The molecule has 0 rings (SSSR count). The molecule has 0 heterocycles. The summed E-state index contributed by atoms with van der Waals surface area (Å²) < 4.78 is 5.88. The van der Waals surface area contributed by atoms with Crippen LogP contribution in [-0.2, 0) is 14.3 Å². The van der Waals surface area contributed by atoms with Crippen LogP contribution in [0.25, 0.3) is 0 Å². The maximum Gasteiger partial charge on any atom is 0.306 e. The Labute approximate surface area is 346 Å². The molecule has 0 aliphatic heterocycles. The molecule has 0 aliphatic rings. The third-order valence-corrected chi connectivity index (χ3v) is 10.7. The first-order chi connectivity index (χ1) is 27.5. The van der Waals surface area contributed by atoms with Crippen LogP contribution in [0.2, 0.25) is 0 Å². The van der Waals surface area contributed by atoms with Gasteiger partial charge in [0.15, 0.2) is 0 Å². The van der Waals surface area contributed by atoms with Crippen molar-refractivity contribution in [3.63, 3.8) is 0 Å². The summed E-state index contributed by atoms with van der Waals surface area (Å²) in [4.78, 5) is 26.0. The minimum atomic E-state index is -0.799. The number of unbranched alkanes of at least 4 members (excludes halogenated alkanes) is 22. The molecule has 0 saturated carbocycles. The third kappa shape index (κ3) is 38.7. The molecule has 0 radical (unpaired) electrons. The number of esters is 1. The van der Waals surface area contributed by atoms with Crippen LogP contribution in [0.5, 0.6) is 0 Å².